The van der Waals surface area contributed by atoms with E-state index in [2.05, 4.69) is 35.8 Å². The van der Waals surface area contributed by atoms with Crippen molar-refractivity contribution >= 4 is 35.1 Å². The molecular formula is C18H21NOS2. The Hall–Kier alpha value is -1.39. The van der Waals surface area contributed by atoms with Gasteiger partial charge in [-0.1, -0.05) is 30.3 Å². The summed E-state index contributed by atoms with van der Waals surface area (Å²) in [5.74, 6) is 1.38. The SMILES string of the molecule is CSc1ccc(CSCC(=O)Nc2c(C)cccc2C)cc1. The zero-order chi connectivity index (χ0) is 15.9. The van der Waals surface area contributed by atoms with Crippen LogP contribution in [-0.4, -0.2) is 17.9 Å². The molecule has 2 nitrogen and oxygen atoms in total. The predicted octanol–water partition coefficient (Wildman–Crippen LogP) is 4.90. The number of hydrogen-bond donors (Lipinski definition) is 1. The van der Waals surface area contributed by atoms with Gasteiger partial charge >= 0.3 is 0 Å². The number of thioether (sulfide) groups is 2. The van der Waals surface area contributed by atoms with Gasteiger partial charge in [-0.05, 0) is 48.9 Å². The van der Waals surface area contributed by atoms with Crippen molar-refractivity contribution < 1.29 is 4.79 Å². The molecule has 0 aliphatic rings. The molecule has 22 heavy (non-hydrogen) atoms. The normalized spacial score (nSPS) is 10.5. The van der Waals surface area contributed by atoms with Crippen molar-refractivity contribution in [3.05, 3.63) is 59.2 Å². The molecule has 0 fully saturated rings. The lowest BCUT2D eigenvalue weighted by Gasteiger charge is -2.11. The van der Waals surface area contributed by atoms with Crippen LogP contribution >= 0.6 is 23.5 Å². The van der Waals surface area contributed by atoms with E-state index in [1.165, 1.54) is 10.5 Å². The smallest absolute Gasteiger partial charge is 0.234 e. The van der Waals surface area contributed by atoms with Gasteiger partial charge in [0.1, 0.15) is 0 Å². The van der Waals surface area contributed by atoms with E-state index in [-0.39, 0.29) is 5.91 Å². The van der Waals surface area contributed by atoms with Gasteiger partial charge in [0.25, 0.3) is 0 Å². The zero-order valence-corrected chi connectivity index (χ0v) is 14.8. The number of hydrogen-bond acceptors (Lipinski definition) is 3. The molecule has 0 aromatic heterocycles. The van der Waals surface area contributed by atoms with E-state index in [1.807, 2.05) is 32.0 Å². The number of amides is 1. The van der Waals surface area contributed by atoms with Crippen LogP contribution in [0.2, 0.25) is 0 Å². The van der Waals surface area contributed by atoms with Gasteiger partial charge in [-0.25, -0.2) is 0 Å². The second-order valence-corrected chi connectivity index (χ2v) is 7.02. The molecule has 2 rings (SSSR count). The molecule has 1 N–H and O–H groups in total. The van der Waals surface area contributed by atoms with Gasteiger partial charge in [0, 0.05) is 16.3 Å². The van der Waals surface area contributed by atoms with Crippen LogP contribution in [0.3, 0.4) is 0 Å². The number of carbonyl (C=O) groups excluding carboxylic acids is 1. The average Bonchev–Trinajstić information content (AvgIpc) is 2.52. The van der Waals surface area contributed by atoms with Crippen LogP contribution in [0, 0.1) is 13.8 Å². The van der Waals surface area contributed by atoms with Crippen LogP contribution in [0.1, 0.15) is 16.7 Å². The fraction of sp³-hybridized carbons (Fsp3) is 0.278. The number of rotatable bonds is 6. The summed E-state index contributed by atoms with van der Waals surface area (Å²) in [6, 6.07) is 14.5. The Morgan fingerprint density at radius 2 is 1.68 bits per heavy atom. The van der Waals surface area contributed by atoms with Crippen LogP contribution < -0.4 is 5.32 Å². The van der Waals surface area contributed by atoms with Crippen LogP contribution in [0.15, 0.2) is 47.4 Å². The molecule has 0 atom stereocenters. The molecule has 0 aliphatic carbocycles. The minimum atomic E-state index is 0.0585. The molecule has 0 saturated heterocycles. The molecule has 0 radical (unpaired) electrons. The first-order chi connectivity index (χ1) is 10.6. The first-order valence-electron chi connectivity index (χ1n) is 7.17. The molecule has 0 aliphatic heterocycles. The van der Waals surface area contributed by atoms with Gasteiger partial charge in [-0.3, -0.25) is 4.79 Å². The average molecular weight is 332 g/mol. The molecule has 2 aromatic rings. The predicted molar refractivity (Wildman–Crippen MR) is 98.9 cm³/mol. The Balaban J connectivity index is 1.82. The molecule has 0 unspecified atom stereocenters. The Kier molecular flexibility index (Phi) is 6.40. The largest absolute Gasteiger partial charge is 0.325 e. The number of nitrogens with one attached hydrogen (secondary N) is 1. The molecule has 1 amide bonds. The number of aryl methyl sites for hydroxylation is 2. The topological polar surface area (TPSA) is 29.1 Å². The summed E-state index contributed by atoms with van der Waals surface area (Å²) in [6.07, 6.45) is 2.07. The van der Waals surface area contributed by atoms with Crippen molar-refractivity contribution in [1.82, 2.24) is 0 Å². The lowest BCUT2D eigenvalue weighted by molar-refractivity contribution is -0.113. The van der Waals surface area contributed by atoms with E-state index in [0.717, 1.165) is 22.6 Å². The molecule has 0 bridgehead atoms. The van der Waals surface area contributed by atoms with E-state index < -0.39 is 0 Å². The van der Waals surface area contributed by atoms with Gasteiger partial charge in [0.15, 0.2) is 0 Å². The summed E-state index contributed by atoms with van der Waals surface area (Å²) in [5.41, 5.74) is 4.40. The Labute approximate surface area is 141 Å². The molecule has 0 heterocycles. The summed E-state index contributed by atoms with van der Waals surface area (Å²) in [7, 11) is 0. The summed E-state index contributed by atoms with van der Waals surface area (Å²) in [5, 5.41) is 3.02. The second kappa shape index (κ2) is 8.30. The maximum atomic E-state index is 12.1. The molecule has 0 saturated carbocycles. The van der Waals surface area contributed by atoms with Gasteiger partial charge in [0.2, 0.25) is 5.91 Å². The van der Waals surface area contributed by atoms with Gasteiger partial charge in [-0.2, -0.15) is 0 Å². The third-order valence-electron chi connectivity index (χ3n) is 3.41. The van der Waals surface area contributed by atoms with Crippen molar-refractivity contribution in [2.24, 2.45) is 0 Å². The lowest BCUT2D eigenvalue weighted by Crippen LogP contribution is -2.15. The monoisotopic (exact) mass is 331 g/mol. The molecule has 2 aromatic carbocycles. The van der Waals surface area contributed by atoms with Crippen molar-refractivity contribution in [2.75, 3.05) is 17.3 Å². The van der Waals surface area contributed by atoms with Crippen LogP contribution in [0.5, 0.6) is 0 Å². The Morgan fingerprint density at radius 1 is 1.05 bits per heavy atom. The molecule has 0 spiro atoms. The van der Waals surface area contributed by atoms with Crippen molar-refractivity contribution in [3.63, 3.8) is 0 Å². The van der Waals surface area contributed by atoms with E-state index in [4.69, 9.17) is 0 Å². The van der Waals surface area contributed by atoms with E-state index >= 15 is 0 Å². The van der Waals surface area contributed by atoms with E-state index in [9.17, 15) is 4.79 Å². The highest BCUT2D eigenvalue weighted by Gasteiger charge is 2.07. The highest BCUT2D eigenvalue weighted by atomic mass is 32.2. The van der Waals surface area contributed by atoms with Crippen molar-refractivity contribution in [1.29, 1.82) is 0 Å². The Bertz CT molecular complexity index is 618. The highest BCUT2D eigenvalue weighted by Crippen LogP contribution is 2.21. The fourth-order valence-corrected chi connectivity index (χ4v) is 3.37. The van der Waals surface area contributed by atoms with Crippen LogP contribution in [-0.2, 0) is 10.5 Å². The molecule has 4 heteroatoms. The van der Waals surface area contributed by atoms with E-state index in [1.54, 1.807) is 23.5 Å². The quantitative estimate of drug-likeness (QED) is 0.764. The summed E-state index contributed by atoms with van der Waals surface area (Å²) < 4.78 is 0. The van der Waals surface area contributed by atoms with Gasteiger partial charge in [-0.15, -0.1) is 23.5 Å². The van der Waals surface area contributed by atoms with E-state index in [0.29, 0.717) is 5.75 Å². The summed E-state index contributed by atoms with van der Waals surface area (Å²) in [6.45, 7) is 4.03. The minimum Gasteiger partial charge on any atom is -0.325 e. The standard InChI is InChI=1S/C18H21NOS2/c1-13-5-4-6-14(2)18(13)19-17(20)12-22-11-15-7-9-16(21-3)10-8-15/h4-10H,11-12H2,1-3H3,(H,19,20). The number of carbonyl (C=O) groups is 1. The number of para-hydroxylation sites is 1. The first-order valence-corrected chi connectivity index (χ1v) is 9.55. The van der Waals surface area contributed by atoms with Gasteiger partial charge in [0.05, 0.1) is 5.75 Å². The zero-order valence-electron chi connectivity index (χ0n) is 13.2. The summed E-state index contributed by atoms with van der Waals surface area (Å²) >= 11 is 3.38. The van der Waals surface area contributed by atoms with Gasteiger partial charge < -0.3 is 5.32 Å². The van der Waals surface area contributed by atoms with Crippen molar-refractivity contribution in [3.8, 4) is 0 Å². The van der Waals surface area contributed by atoms with Crippen LogP contribution in [0.4, 0.5) is 5.69 Å². The summed E-state index contributed by atoms with van der Waals surface area (Å²) in [4.78, 5) is 13.3. The third-order valence-corrected chi connectivity index (χ3v) is 5.15. The van der Waals surface area contributed by atoms with Crippen LogP contribution in [0.25, 0.3) is 0 Å². The maximum Gasteiger partial charge on any atom is 0.234 e. The molecular weight excluding hydrogens is 310 g/mol. The first kappa shape index (κ1) is 17.0. The Morgan fingerprint density at radius 3 is 2.27 bits per heavy atom. The molecule has 116 valence electrons. The number of anilines is 1. The number of benzene rings is 2. The highest BCUT2D eigenvalue weighted by molar-refractivity contribution is 7.99. The second-order valence-electron chi connectivity index (χ2n) is 5.16. The minimum absolute atomic E-state index is 0.0585. The third kappa shape index (κ3) is 4.82. The maximum absolute atomic E-state index is 12.1. The lowest BCUT2D eigenvalue weighted by atomic mass is 10.1. The van der Waals surface area contributed by atoms with Crippen molar-refractivity contribution in [2.45, 2.75) is 24.5 Å². The fourth-order valence-electron chi connectivity index (χ4n) is 2.17.